The van der Waals surface area contributed by atoms with Gasteiger partial charge in [0.15, 0.2) is 22.3 Å². The molecule has 1 saturated heterocycles. The zero-order valence-corrected chi connectivity index (χ0v) is 36.6. The Kier molecular flexibility index (Phi) is 17.7. The highest BCUT2D eigenvalue weighted by molar-refractivity contribution is 8.13. The molecular weight excluding hydrogens is 911 g/mol. The molecule has 0 saturated carbocycles. The maximum atomic E-state index is 12.6. The molecule has 1 aromatic carbocycles. The molecule has 62 heavy (non-hydrogen) atoms. The van der Waals surface area contributed by atoms with Gasteiger partial charge in [0.1, 0.15) is 48.6 Å². The predicted octanol–water partition coefficient (Wildman–Crippen LogP) is -2.86. The van der Waals surface area contributed by atoms with Gasteiger partial charge in [0.2, 0.25) is 11.8 Å². The number of para-hydroxylation sites is 1. The Balaban J connectivity index is 1.19. The molecule has 1 fully saturated rings. The third kappa shape index (κ3) is 14.8. The number of hydrogen-bond donors (Lipinski definition) is 6. The van der Waals surface area contributed by atoms with Crippen molar-refractivity contribution in [3.8, 4) is 5.75 Å². The molecule has 0 bridgehead atoms. The van der Waals surface area contributed by atoms with Crippen LogP contribution in [0.5, 0.6) is 5.75 Å². The van der Waals surface area contributed by atoms with E-state index in [1.807, 2.05) is 0 Å². The third-order valence-electron chi connectivity index (χ3n) is 8.81. The zero-order chi connectivity index (χ0) is 46.1. The minimum Gasteiger partial charge on any atom is -0.790 e. The van der Waals surface area contributed by atoms with Gasteiger partial charge in [-0.15, -0.1) is 0 Å². The number of nitrogen functional groups attached to an aromatic ring is 1. The van der Waals surface area contributed by atoms with Crippen LogP contribution in [0.3, 0.4) is 0 Å². The van der Waals surface area contributed by atoms with Crippen molar-refractivity contribution in [1.29, 1.82) is 0 Å². The number of aliphatic hydroxyl groups excluding tert-OH is 3. The lowest BCUT2D eigenvalue weighted by atomic mass is 9.87. The van der Waals surface area contributed by atoms with Crippen molar-refractivity contribution in [2.75, 3.05) is 44.4 Å². The monoisotopic (exact) mass is 955 g/mol. The smallest absolute Gasteiger partial charge is 0.274 e. The minimum atomic E-state index is -5.96. The van der Waals surface area contributed by atoms with Crippen LogP contribution < -0.4 is 40.7 Å². The van der Waals surface area contributed by atoms with Gasteiger partial charge in [0.25, 0.3) is 15.6 Å². The molecule has 26 nitrogen and oxygen atoms in total. The van der Waals surface area contributed by atoms with E-state index in [2.05, 4.69) is 43.5 Å². The number of hydrogen-bond acceptors (Lipinski definition) is 24. The molecule has 30 heteroatoms. The summed E-state index contributed by atoms with van der Waals surface area (Å²) in [5.74, 6) is -0.923. The summed E-state index contributed by atoms with van der Waals surface area (Å²) in [4.78, 5) is 96.9. The summed E-state index contributed by atoms with van der Waals surface area (Å²) in [5.41, 5.74) is 1.97. The summed E-state index contributed by atoms with van der Waals surface area (Å²) >= 11 is 0.893. The van der Waals surface area contributed by atoms with Crippen LogP contribution in [0.1, 0.15) is 33.6 Å². The van der Waals surface area contributed by atoms with Gasteiger partial charge in [-0.3, -0.25) is 28.1 Å². The molecule has 0 spiro atoms. The van der Waals surface area contributed by atoms with Gasteiger partial charge >= 0.3 is 0 Å². The van der Waals surface area contributed by atoms with Gasteiger partial charge in [-0.05, 0) is 19.1 Å². The van der Waals surface area contributed by atoms with Crippen LogP contribution in [0.15, 0.2) is 43.0 Å². The quantitative estimate of drug-likeness (QED) is 0.0388. The van der Waals surface area contributed by atoms with Gasteiger partial charge in [0.05, 0.1) is 33.5 Å². The van der Waals surface area contributed by atoms with Crippen LogP contribution in [-0.2, 0) is 56.4 Å². The molecule has 8 unspecified atom stereocenters. The molecule has 0 radical (unpaired) electrons. The highest BCUT2D eigenvalue weighted by Gasteiger charge is 2.55. The largest absolute Gasteiger partial charge is 0.790 e. The first-order valence-corrected chi connectivity index (χ1v) is 23.6. The van der Waals surface area contributed by atoms with E-state index in [1.54, 1.807) is 30.3 Å². The van der Waals surface area contributed by atoms with Crippen LogP contribution in [-0.4, -0.2) is 121 Å². The number of phosphoric ester groups is 3. The van der Waals surface area contributed by atoms with E-state index in [1.165, 1.54) is 20.8 Å². The number of rotatable bonds is 24. The van der Waals surface area contributed by atoms with E-state index in [9.17, 15) is 63.0 Å². The number of carbonyl (C=O) groups excluding carboxylic acids is 3. The van der Waals surface area contributed by atoms with Crippen LogP contribution >= 0.6 is 35.2 Å². The number of aromatic nitrogens is 4. The molecule has 4 rings (SSSR count). The number of nitrogens with zero attached hydrogens (tertiary/aromatic N) is 4. The van der Waals surface area contributed by atoms with E-state index in [-0.39, 0.29) is 60.4 Å². The van der Waals surface area contributed by atoms with Crippen LogP contribution in [0.4, 0.5) is 5.82 Å². The predicted molar refractivity (Wildman–Crippen MR) is 205 cm³/mol. The number of carbonyl (C=O) groups is 3. The lowest BCUT2D eigenvalue weighted by molar-refractivity contribution is -0.347. The SMILES string of the molecule is CC(C)(COP(=O)([O-])OP(=O)([O-])OCC1OC(C)(n2cnc3c(N)ncnc32)C(O)C1OP(=O)([O-])[O-])C(O)C(=O)NCCC(=O)NCCSC(=O)CC(O)COc1ccccc1. The maximum absolute atomic E-state index is 12.6. The number of thioether (sulfide) groups is 1. The molecule has 2 amide bonds. The third-order valence-corrected chi connectivity index (χ3v) is 12.7. The van der Waals surface area contributed by atoms with Crippen LogP contribution in [0.25, 0.3) is 11.2 Å². The van der Waals surface area contributed by atoms with Crippen molar-refractivity contribution in [2.24, 2.45) is 5.41 Å². The number of ether oxygens (including phenoxy) is 2. The summed E-state index contributed by atoms with van der Waals surface area (Å²) in [5, 5.41) is 36.2. The van der Waals surface area contributed by atoms with Crippen molar-refractivity contribution < 1.29 is 90.3 Å². The molecule has 3 aromatic rings. The number of nitrogens with one attached hydrogen (secondary N) is 2. The topological polar surface area (TPSA) is 404 Å². The van der Waals surface area contributed by atoms with Gasteiger partial charge in [0, 0.05) is 37.1 Å². The fourth-order valence-electron chi connectivity index (χ4n) is 5.60. The van der Waals surface area contributed by atoms with E-state index >= 15 is 0 Å². The van der Waals surface area contributed by atoms with Crippen molar-refractivity contribution in [1.82, 2.24) is 30.2 Å². The van der Waals surface area contributed by atoms with E-state index in [0.717, 1.165) is 29.0 Å². The van der Waals surface area contributed by atoms with Gasteiger partial charge in [-0.25, -0.2) is 19.3 Å². The minimum absolute atomic E-state index is 0.0273. The molecule has 2 aromatic heterocycles. The lowest BCUT2D eigenvalue weighted by Crippen LogP contribution is -2.46. The molecule has 0 aliphatic carbocycles. The van der Waals surface area contributed by atoms with E-state index < -0.39 is 90.2 Å². The number of imidazole rings is 1. The molecule has 8 atom stereocenters. The Morgan fingerprint density at radius 1 is 1.03 bits per heavy atom. The standard InChI is InChI=1S/C32H48N7O19P3S/c1-31(2,27(44)30(45)35-10-9-22(41)34-11-12-62-23(42)13-19(40)14-53-20-7-5-4-6-8-20)16-55-61(51,52)58-60(49,50)54-15-21-25(57-59(46,47)48)26(43)32(3,56-21)39-18-38-24-28(33)36-17-37-29(24)39/h4-8,17-19,21,25-27,40,43-44H,9-16H2,1-3H3,(H,34,41)(H,35,45)(H,49,50)(H,51,52)(H2,33,36,37)(H2,46,47,48)/p-4. The summed E-state index contributed by atoms with van der Waals surface area (Å²) in [7, 11) is -17.7. The summed E-state index contributed by atoms with van der Waals surface area (Å²) < 4.78 is 66.6. The fraction of sp³-hybridized carbons (Fsp3) is 0.562. The fourth-order valence-corrected chi connectivity index (χ4v) is 9.07. The maximum Gasteiger partial charge on any atom is 0.274 e. The van der Waals surface area contributed by atoms with Crippen molar-refractivity contribution in [3.63, 3.8) is 0 Å². The first-order chi connectivity index (χ1) is 28.8. The molecule has 1 aliphatic rings. The number of anilines is 1. The summed E-state index contributed by atoms with van der Waals surface area (Å²) in [6.45, 7) is 0.941. The summed E-state index contributed by atoms with van der Waals surface area (Å²) in [6, 6.07) is 8.73. The van der Waals surface area contributed by atoms with E-state index in [4.69, 9.17) is 15.2 Å². The second-order valence-electron chi connectivity index (χ2n) is 14.2. The van der Waals surface area contributed by atoms with Gasteiger partial charge < -0.3 is 78.9 Å². The Morgan fingerprint density at radius 2 is 1.71 bits per heavy atom. The number of aliphatic hydroxyl groups is 3. The lowest BCUT2D eigenvalue weighted by Gasteiger charge is -2.36. The Morgan fingerprint density at radius 3 is 2.39 bits per heavy atom. The number of fused-ring (bicyclic) bond motifs is 1. The second kappa shape index (κ2) is 21.5. The molecular formula is C32H44N7O19P3S-4. The molecule has 346 valence electrons. The van der Waals surface area contributed by atoms with Crippen molar-refractivity contribution in [3.05, 3.63) is 43.0 Å². The van der Waals surface area contributed by atoms with Crippen LogP contribution in [0, 0.1) is 5.41 Å². The first kappa shape index (κ1) is 51.2. The van der Waals surface area contributed by atoms with E-state index in [0.29, 0.717) is 5.75 Å². The highest BCUT2D eigenvalue weighted by atomic mass is 32.2. The summed E-state index contributed by atoms with van der Waals surface area (Å²) in [6.07, 6.45) is -7.42. The number of amides is 2. The van der Waals surface area contributed by atoms with Crippen LogP contribution in [0.2, 0.25) is 0 Å². The Bertz CT molecular complexity index is 2170. The molecule has 3 heterocycles. The average molecular weight is 956 g/mol. The Labute approximate surface area is 357 Å². The number of nitrogens with two attached hydrogens (primary N) is 1. The number of benzene rings is 1. The van der Waals surface area contributed by atoms with Gasteiger partial charge in [-0.1, -0.05) is 43.8 Å². The molecule has 7 N–H and O–H groups in total. The number of phosphoric acid groups is 3. The first-order valence-electron chi connectivity index (χ1n) is 18.2. The zero-order valence-electron chi connectivity index (χ0n) is 33.1. The van der Waals surface area contributed by atoms with Crippen molar-refractivity contribution >= 4 is 69.1 Å². The van der Waals surface area contributed by atoms with Gasteiger partial charge in [-0.2, -0.15) is 0 Å². The van der Waals surface area contributed by atoms with Crippen molar-refractivity contribution in [2.45, 2.75) is 69.9 Å². The Hall–Kier alpha value is -3.46. The highest BCUT2D eigenvalue weighted by Crippen LogP contribution is 2.56. The molecule has 1 aliphatic heterocycles. The normalized spacial score (nSPS) is 22.3. The second-order valence-corrected chi connectivity index (χ2v) is 19.5. The average Bonchev–Trinajstić information content (AvgIpc) is 3.73.